The standard InChI is InChI=1S/C18H27NO3S2/c1-11(2)14-5-7-15(8-6-14)13(4)24-10-16(18(21)22)19-17(20)12(3)9-23/h5-8,11-13,16,23H,9-10H2,1-4H3,(H,19,20)(H,21,22)/t12-,13+,16+/m1/s1. The molecule has 0 bridgehead atoms. The highest BCUT2D eigenvalue weighted by Crippen LogP contribution is 2.29. The second-order valence-electron chi connectivity index (χ2n) is 6.28. The Kier molecular flexibility index (Phi) is 8.70. The van der Waals surface area contributed by atoms with Crippen LogP contribution in [0.2, 0.25) is 0 Å². The Hall–Kier alpha value is -1.14. The second kappa shape index (κ2) is 9.99. The summed E-state index contributed by atoms with van der Waals surface area (Å²) < 4.78 is 0. The maximum atomic E-state index is 11.9. The van der Waals surface area contributed by atoms with E-state index in [9.17, 15) is 14.7 Å². The van der Waals surface area contributed by atoms with Crippen LogP contribution in [-0.2, 0) is 9.59 Å². The van der Waals surface area contributed by atoms with Gasteiger partial charge in [-0.15, -0.1) is 0 Å². The van der Waals surface area contributed by atoms with Crippen molar-refractivity contribution in [1.29, 1.82) is 0 Å². The number of thiol groups is 1. The van der Waals surface area contributed by atoms with Crippen LogP contribution in [0.5, 0.6) is 0 Å². The molecule has 1 amide bonds. The third kappa shape index (κ3) is 6.40. The lowest BCUT2D eigenvalue weighted by atomic mass is 10.0. The van der Waals surface area contributed by atoms with Gasteiger partial charge in [0, 0.05) is 22.7 Å². The lowest BCUT2D eigenvalue weighted by Gasteiger charge is -2.19. The fourth-order valence-corrected chi connectivity index (χ4v) is 3.28. The Labute approximate surface area is 154 Å². The van der Waals surface area contributed by atoms with E-state index in [4.69, 9.17) is 0 Å². The number of aliphatic carboxylic acids is 1. The molecule has 1 aromatic rings. The van der Waals surface area contributed by atoms with Crippen LogP contribution in [0, 0.1) is 5.92 Å². The molecule has 0 saturated heterocycles. The minimum Gasteiger partial charge on any atom is -0.480 e. The van der Waals surface area contributed by atoms with Crippen LogP contribution in [0.4, 0.5) is 0 Å². The number of carbonyl (C=O) groups excluding carboxylic acids is 1. The molecule has 0 fully saturated rings. The molecule has 24 heavy (non-hydrogen) atoms. The highest BCUT2D eigenvalue weighted by Gasteiger charge is 2.23. The summed E-state index contributed by atoms with van der Waals surface area (Å²) in [6.07, 6.45) is 0. The predicted octanol–water partition coefficient (Wildman–Crippen LogP) is 3.74. The van der Waals surface area contributed by atoms with Gasteiger partial charge < -0.3 is 10.4 Å². The van der Waals surface area contributed by atoms with Crippen molar-refractivity contribution in [2.24, 2.45) is 5.92 Å². The molecule has 0 aliphatic heterocycles. The van der Waals surface area contributed by atoms with E-state index in [-0.39, 0.29) is 17.1 Å². The quantitative estimate of drug-likeness (QED) is 0.580. The Balaban J connectivity index is 2.62. The maximum absolute atomic E-state index is 11.9. The van der Waals surface area contributed by atoms with Crippen LogP contribution in [0.15, 0.2) is 24.3 Å². The lowest BCUT2D eigenvalue weighted by molar-refractivity contribution is -0.141. The fraction of sp³-hybridized carbons (Fsp3) is 0.556. The first-order chi connectivity index (χ1) is 11.3. The van der Waals surface area contributed by atoms with Gasteiger partial charge in [0.15, 0.2) is 0 Å². The molecule has 0 spiro atoms. The van der Waals surface area contributed by atoms with Gasteiger partial charge in [0.25, 0.3) is 0 Å². The molecule has 0 aromatic heterocycles. The molecule has 2 N–H and O–H groups in total. The smallest absolute Gasteiger partial charge is 0.327 e. The fourth-order valence-electron chi connectivity index (χ4n) is 2.06. The zero-order valence-electron chi connectivity index (χ0n) is 14.7. The van der Waals surface area contributed by atoms with Gasteiger partial charge in [0.1, 0.15) is 6.04 Å². The number of benzene rings is 1. The first-order valence-electron chi connectivity index (χ1n) is 8.11. The summed E-state index contributed by atoms with van der Waals surface area (Å²) in [5.74, 6) is -0.377. The molecule has 1 rings (SSSR count). The molecule has 4 nitrogen and oxygen atoms in total. The van der Waals surface area contributed by atoms with Crippen molar-refractivity contribution in [3.63, 3.8) is 0 Å². The Bertz CT molecular complexity index is 546. The molecular weight excluding hydrogens is 342 g/mol. The third-order valence-electron chi connectivity index (χ3n) is 3.92. The number of carbonyl (C=O) groups is 2. The molecule has 0 aliphatic rings. The topological polar surface area (TPSA) is 66.4 Å². The summed E-state index contributed by atoms with van der Waals surface area (Å²) in [4.78, 5) is 23.2. The third-order valence-corrected chi connectivity index (χ3v) is 5.77. The van der Waals surface area contributed by atoms with Gasteiger partial charge in [-0.05, 0) is 24.0 Å². The van der Waals surface area contributed by atoms with Gasteiger partial charge in [-0.2, -0.15) is 24.4 Å². The van der Waals surface area contributed by atoms with Crippen molar-refractivity contribution in [2.45, 2.75) is 44.9 Å². The number of nitrogens with one attached hydrogen (secondary N) is 1. The van der Waals surface area contributed by atoms with Crippen LogP contribution in [0.25, 0.3) is 0 Å². The first-order valence-corrected chi connectivity index (χ1v) is 9.79. The average molecular weight is 370 g/mol. The minimum absolute atomic E-state index is 0.160. The number of carboxylic acid groups (broad SMARTS) is 1. The minimum atomic E-state index is -1.01. The van der Waals surface area contributed by atoms with Crippen LogP contribution < -0.4 is 5.32 Å². The van der Waals surface area contributed by atoms with Crippen molar-refractivity contribution < 1.29 is 14.7 Å². The molecule has 0 saturated carbocycles. The summed E-state index contributed by atoms with van der Waals surface area (Å²) in [5.41, 5.74) is 2.44. The molecule has 134 valence electrons. The molecule has 0 unspecified atom stereocenters. The summed E-state index contributed by atoms with van der Waals surface area (Å²) in [7, 11) is 0. The molecule has 3 atom stereocenters. The Morgan fingerprint density at radius 2 is 1.67 bits per heavy atom. The molecule has 0 heterocycles. The summed E-state index contributed by atoms with van der Waals surface area (Å²) in [5, 5.41) is 12.1. The van der Waals surface area contributed by atoms with Crippen LogP contribution in [0.1, 0.15) is 50.0 Å². The van der Waals surface area contributed by atoms with Crippen molar-refractivity contribution in [1.82, 2.24) is 5.32 Å². The van der Waals surface area contributed by atoms with E-state index in [2.05, 4.69) is 56.1 Å². The molecule has 0 aliphatic carbocycles. The normalized spacial score (nSPS) is 14.9. The predicted molar refractivity (Wildman–Crippen MR) is 104 cm³/mol. The van der Waals surface area contributed by atoms with Gasteiger partial charge in [0.2, 0.25) is 5.91 Å². The summed E-state index contributed by atoms with van der Waals surface area (Å²) in [6.45, 7) is 8.08. The van der Waals surface area contributed by atoms with E-state index in [1.165, 1.54) is 17.3 Å². The van der Waals surface area contributed by atoms with E-state index in [1.807, 2.05) is 6.92 Å². The van der Waals surface area contributed by atoms with E-state index in [1.54, 1.807) is 6.92 Å². The molecule has 0 radical (unpaired) electrons. The van der Waals surface area contributed by atoms with Crippen LogP contribution in [0.3, 0.4) is 0 Å². The van der Waals surface area contributed by atoms with Gasteiger partial charge in [-0.25, -0.2) is 4.79 Å². The van der Waals surface area contributed by atoms with Crippen molar-refractivity contribution in [3.05, 3.63) is 35.4 Å². The average Bonchev–Trinajstić information content (AvgIpc) is 2.56. The van der Waals surface area contributed by atoms with E-state index >= 15 is 0 Å². The largest absolute Gasteiger partial charge is 0.480 e. The number of thioether (sulfide) groups is 1. The van der Waals surface area contributed by atoms with Crippen LogP contribution >= 0.6 is 24.4 Å². The zero-order valence-corrected chi connectivity index (χ0v) is 16.4. The van der Waals surface area contributed by atoms with Crippen molar-refractivity contribution in [3.8, 4) is 0 Å². The highest BCUT2D eigenvalue weighted by atomic mass is 32.2. The maximum Gasteiger partial charge on any atom is 0.327 e. The highest BCUT2D eigenvalue weighted by molar-refractivity contribution is 7.99. The SMILES string of the molecule is CC(C)c1ccc([C@H](C)SC[C@H](NC(=O)[C@H](C)CS)C(=O)O)cc1. The summed E-state index contributed by atoms with van der Waals surface area (Å²) in [6, 6.07) is 7.51. The van der Waals surface area contributed by atoms with Crippen molar-refractivity contribution >= 4 is 36.3 Å². The molecule has 6 heteroatoms. The zero-order chi connectivity index (χ0) is 18.3. The first kappa shape index (κ1) is 20.9. The van der Waals surface area contributed by atoms with Gasteiger partial charge in [-0.3, -0.25) is 4.79 Å². The Morgan fingerprint density at radius 1 is 1.12 bits per heavy atom. The Morgan fingerprint density at radius 3 is 2.12 bits per heavy atom. The van der Waals surface area contributed by atoms with Gasteiger partial charge >= 0.3 is 5.97 Å². The monoisotopic (exact) mass is 369 g/mol. The number of hydrogen-bond donors (Lipinski definition) is 3. The van der Waals surface area contributed by atoms with E-state index in [0.29, 0.717) is 17.4 Å². The number of hydrogen-bond acceptors (Lipinski definition) is 4. The molecular formula is C18H27NO3S2. The second-order valence-corrected chi connectivity index (χ2v) is 8.02. The number of rotatable bonds is 9. The van der Waals surface area contributed by atoms with Crippen molar-refractivity contribution in [2.75, 3.05) is 11.5 Å². The summed E-state index contributed by atoms with van der Waals surface area (Å²) >= 11 is 5.60. The van der Waals surface area contributed by atoms with E-state index in [0.717, 1.165) is 5.56 Å². The molecule has 1 aromatic carbocycles. The number of amides is 1. The van der Waals surface area contributed by atoms with Gasteiger partial charge in [0.05, 0.1) is 0 Å². The van der Waals surface area contributed by atoms with E-state index < -0.39 is 12.0 Å². The lowest BCUT2D eigenvalue weighted by Crippen LogP contribution is -2.45. The van der Waals surface area contributed by atoms with Gasteiger partial charge in [-0.1, -0.05) is 45.0 Å². The number of carboxylic acids is 1. The van der Waals surface area contributed by atoms with Crippen LogP contribution in [-0.4, -0.2) is 34.5 Å².